The van der Waals surface area contributed by atoms with Gasteiger partial charge in [-0.1, -0.05) is 26.0 Å². The zero-order valence-corrected chi connectivity index (χ0v) is 15.4. The molecular formula is C21H26N2O3. The van der Waals surface area contributed by atoms with Crippen LogP contribution in [0.4, 0.5) is 5.69 Å². The van der Waals surface area contributed by atoms with Crippen LogP contribution in [0.25, 0.3) is 0 Å². The molecule has 1 unspecified atom stereocenters. The van der Waals surface area contributed by atoms with E-state index < -0.39 is 0 Å². The highest BCUT2D eigenvalue weighted by Gasteiger charge is 2.34. The van der Waals surface area contributed by atoms with Gasteiger partial charge in [-0.3, -0.25) is 9.59 Å². The normalized spacial score (nSPS) is 17.1. The summed E-state index contributed by atoms with van der Waals surface area (Å²) in [5.74, 6) is 1.07. The van der Waals surface area contributed by atoms with E-state index in [0.29, 0.717) is 19.0 Å². The second-order valence-corrected chi connectivity index (χ2v) is 7.13. The zero-order chi connectivity index (χ0) is 18.5. The van der Waals surface area contributed by atoms with Gasteiger partial charge in [0.1, 0.15) is 5.76 Å². The number of hydrogen-bond acceptors (Lipinski definition) is 3. The summed E-state index contributed by atoms with van der Waals surface area (Å²) in [4.78, 5) is 26.4. The van der Waals surface area contributed by atoms with Crippen LogP contribution in [0.2, 0.25) is 0 Å². The Morgan fingerprint density at radius 3 is 2.69 bits per heavy atom. The highest BCUT2D eigenvalue weighted by molar-refractivity contribution is 6.00. The first-order valence-corrected chi connectivity index (χ1v) is 9.25. The summed E-state index contributed by atoms with van der Waals surface area (Å²) in [5, 5.41) is 2.94. The molecule has 2 aromatic rings. The minimum Gasteiger partial charge on any atom is -0.469 e. The van der Waals surface area contributed by atoms with Crippen molar-refractivity contribution in [1.82, 2.24) is 5.32 Å². The Kier molecular flexibility index (Phi) is 5.76. The smallest absolute Gasteiger partial charge is 0.227 e. The second-order valence-electron chi connectivity index (χ2n) is 7.13. The summed E-state index contributed by atoms with van der Waals surface area (Å²) >= 11 is 0. The third-order valence-electron chi connectivity index (χ3n) is 4.85. The van der Waals surface area contributed by atoms with Crippen molar-refractivity contribution < 1.29 is 14.0 Å². The fraction of sp³-hybridized carbons (Fsp3) is 0.429. The molecule has 26 heavy (non-hydrogen) atoms. The molecule has 2 amide bonds. The van der Waals surface area contributed by atoms with Gasteiger partial charge in [0.25, 0.3) is 0 Å². The van der Waals surface area contributed by atoms with Crippen LogP contribution in [-0.2, 0) is 16.0 Å². The lowest BCUT2D eigenvalue weighted by Gasteiger charge is -2.17. The molecule has 0 bridgehead atoms. The summed E-state index contributed by atoms with van der Waals surface area (Å²) in [6, 6.07) is 11.8. The van der Waals surface area contributed by atoms with E-state index in [1.807, 2.05) is 24.3 Å². The van der Waals surface area contributed by atoms with Crippen molar-refractivity contribution >= 4 is 17.5 Å². The van der Waals surface area contributed by atoms with Gasteiger partial charge in [0.05, 0.1) is 12.2 Å². The molecule has 1 saturated heterocycles. The van der Waals surface area contributed by atoms with Gasteiger partial charge in [-0.05, 0) is 42.2 Å². The van der Waals surface area contributed by atoms with Gasteiger partial charge in [-0.15, -0.1) is 0 Å². The highest BCUT2D eigenvalue weighted by atomic mass is 16.3. The standard InChI is InChI=1S/C21H26N2O3/c1-15(2)16-7-9-18(10-8-16)23-14-17(13-20(23)24)21(25)22-11-3-5-19-6-4-12-26-19/h4,6-10,12,15,17H,3,5,11,13-14H2,1-2H3,(H,22,25). The first-order chi connectivity index (χ1) is 12.5. The number of hydrogen-bond donors (Lipinski definition) is 1. The van der Waals surface area contributed by atoms with Crippen molar-refractivity contribution in [2.75, 3.05) is 18.0 Å². The summed E-state index contributed by atoms with van der Waals surface area (Å²) in [6.45, 7) is 5.32. The molecule has 0 radical (unpaired) electrons. The van der Waals surface area contributed by atoms with E-state index in [0.717, 1.165) is 24.3 Å². The molecule has 5 nitrogen and oxygen atoms in total. The number of nitrogens with one attached hydrogen (secondary N) is 1. The quantitative estimate of drug-likeness (QED) is 0.774. The van der Waals surface area contributed by atoms with Crippen LogP contribution < -0.4 is 10.2 Å². The molecule has 1 atom stereocenters. The van der Waals surface area contributed by atoms with Crippen LogP contribution in [0.1, 0.15) is 43.9 Å². The fourth-order valence-electron chi connectivity index (χ4n) is 3.25. The SMILES string of the molecule is CC(C)c1ccc(N2CC(C(=O)NCCCc3ccco3)CC2=O)cc1. The van der Waals surface area contributed by atoms with E-state index in [9.17, 15) is 9.59 Å². The first kappa shape index (κ1) is 18.2. The Hall–Kier alpha value is -2.56. The summed E-state index contributed by atoms with van der Waals surface area (Å²) in [5.41, 5.74) is 2.11. The van der Waals surface area contributed by atoms with E-state index in [4.69, 9.17) is 4.42 Å². The van der Waals surface area contributed by atoms with Gasteiger partial charge in [0.2, 0.25) is 11.8 Å². The van der Waals surface area contributed by atoms with E-state index in [1.165, 1.54) is 5.56 Å². The molecular weight excluding hydrogens is 328 g/mol. The van der Waals surface area contributed by atoms with E-state index in [1.54, 1.807) is 11.2 Å². The summed E-state index contributed by atoms with van der Waals surface area (Å²) < 4.78 is 5.28. The maximum atomic E-state index is 12.4. The molecule has 0 spiro atoms. The molecule has 1 aromatic carbocycles. The fourth-order valence-corrected chi connectivity index (χ4v) is 3.25. The third kappa shape index (κ3) is 4.34. The number of carbonyl (C=O) groups excluding carboxylic acids is 2. The Bertz CT molecular complexity index is 735. The number of carbonyl (C=O) groups is 2. The van der Waals surface area contributed by atoms with Crippen molar-refractivity contribution in [2.45, 2.75) is 39.0 Å². The average Bonchev–Trinajstić information content (AvgIpc) is 3.28. The molecule has 138 valence electrons. The molecule has 1 aromatic heterocycles. The number of furan rings is 1. The predicted octanol–water partition coefficient (Wildman–Crippen LogP) is 3.50. The topological polar surface area (TPSA) is 62.6 Å². The van der Waals surface area contributed by atoms with Crippen molar-refractivity contribution in [2.24, 2.45) is 5.92 Å². The molecule has 1 aliphatic rings. The molecule has 1 fully saturated rings. The number of anilines is 1. The number of benzene rings is 1. The van der Waals surface area contributed by atoms with E-state index >= 15 is 0 Å². The molecule has 2 heterocycles. The van der Waals surface area contributed by atoms with Gasteiger partial charge < -0.3 is 14.6 Å². The lowest BCUT2D eigenvalue weighted by Crippen LogP contribution is -2.33. The Morgan fingerprint density at radius 2 is 2.04 bits per heavy atom. The van der Waals surface area contributed by atoms with Crippen LogP contribution in [0.3, 0.4) is 0 Å². The summed E-state index contributed by atoms with van der Waals surface area (Å²) in [7, 11) is 0. The van der Waals surface area contributed by atoms with Gasteiger partial charge >= 0.3 is 0 Å². The zero-order valence-electron chi connectivity index (χ0n) is 15.4. The maximum absolute atomic E-state index is 12.4. The number of amides is 2. The molecule has 1 N–H and O–H groups in total. The number of rotatable bonds is 7. The van der Waals surface area contributed by atoms with Crippen LogP contribution in [0.15, 0.2) is 47.1 Å². The van der Waals surface area contributed by atoms with Crippen LogP contribution in [-0.4, -0.2) is 24.9 Å². The van der Waals surface area contributed by atoms with Crippen molar-refractivity contribution in [3.05, 3.63) is 54.0 Å². The maximum Gasteiger partial charge on any atom is 0.227 e. The van der Waals surface area contributed by atoms with Gasteiger partial charge in [-0.25, -0.2) is 0 Å². The number of nitrogens with zero attached hydrogens (tertiary/aromatic N) is 1. The Balaban J connectivity index is 1.49. The lowest BCUT2D eigenvalue weighted by molar-refractivity contribution is -0.126. The molecule has 1 aliphatic heterocycles. The monoisotopic (exact) mass is 354 g/mol. The van der Waals surface area contributed by atoms with Crippen LogP contribution in [0.5, 0.6) is 0 Å². The van der Waals surface area contributed by atoms with Crippen molar-refractivity contribution in [3.8, 4) is 0 Å². The van der Waals surface area contributed by atoms with Gasteiger partial charge in [0, 0.05) is 31.6 Å². The summed E-state index contributed by atoms with van der Waals surface area (Å²) in [6.07, 6.45) is 3.54. The lowest BCUT2D eigenvalue weighted by atomic mass is 10.0. The molecule has 5 heteroatoms. The highest BCUT2D eigenvalue weighted by Crippen LogP contribution is 2.27. The number of aryl methyl sites for hydroxylation is 1. The Labute approximate surface area is 154 Å². The Morgan fingerprint density at radius 1 is 1.27 bits per heavy atom. The second kappa shape index (κ2) is 8.21. The van der Waals surface area contributed by atoms with E-state index in [2.05, 4.69) is 31.3 Å². The molecule has 0 saturated carbocycles. The predicted molar refractivity (Wildman–Crippen MR) is 101 cm³/mol. The minimum atomic E-state index is -0.282. The van der Waals surface area contributed by atoms with Gasteiger partial charge in [-0.2, -0.15) is 0 Å². The minimum absolute atomic E-state index is 0.0121. The van der Waals surface area contributed by atoms with Crippen molar-refractivity contribution in [3.63, 3.8) is 0 Å². The average molecular weight is 354 g/mol. The van der Waals surface area contributed by atoms with Crippen LogP contribution in [0, 0.1) is 5.92 Å². The van der Waals surface area contributed by atoms with E-state index in [-0.39, 0.29) is 24.2 Å². The van der Waals surface area contributed by atoms with Crippen LogP contribution >= 0.6 is 0 Å². The third-order valence-corrected chi connectivity index (χ3v) is 4.85. The first-order valence-electron chi connectivity index (χ1n) is 9.25. The molecule has 0 aliphatic carbocycles. The van der Waals surface area contributed by atoms with Crippen molar-refractivity contribution in [1.29, 1.82) is 0 Å². The molecule has 3 rings (SSSR count). The largest absolute Gasteiger partial charge is 0.469 e. The van der Waals surface area contributed by atoms with Gasteiger partial charge in [0.15, 0.2) is 0 Å².